The van der Waals surface area contributed by atoms with E-state index in [9.17, 15) is 23.1 Å². The Bertz CT molecular complexity index is 633. The molecule has 0 aliphatic rings. The molecule has 2 aromatic rings. The molecule has 2 aromatic carbocycles. The van der Waals surface area contributed by atoms with E-state index in [2.05, 4.69) is 0 Å². The number of benzene rings is 2. The molecule has 0 fully saturated rings. The number of carbonyl (C=O) groups excluding carboxylic acids is 1. The number of Topliss-reactive ketones (excluding diaryl/α,β-unsaturated/α-hetero) is 1. The summed E-state index contributed by atoms with van der Waals surface area (Å²) in [5.74, 6) is -1.36. The maximum Gasteiger partial charge on any atom is 0.428 e. The first-order valence-electron chi connectivity index (χ1n) is 6.23. The second kappa shape index (κ2) is 5.33. The Kier molecular flexibility index (Phi) is 3.87. The number of alkyl halides is 3. The van der Waals surface area contributed by atoms with Gasteiger partial charge in [0.1, 0.15) is 0 Å². The van der Waals surface area contributed by atoms with Crippen molar-refractivity contribution in [3.63, 3.8) is 0 Å². The molecule has 0 aliphatic carbocycles. The largest absolute Gasteiger partial charge is 0.428 e. The predicted molar refractivity (Wildman–Crippen MR) is 72.5 cm³/mol. The molecule has 0 aliphatic heterocycles. The van der Waals surface area contributed by atoms with E-state index < -0.39 is 23.1 Å². The fraction of sp³-hybridized carbons (Fsp3) is 0.188. The van der Waals surface area contributed by atoms with Crippen molar-refractivity contribution in [3.8, 4) is 11.1 Å². The van der Waals surface area contributed by atoms with Gasteiger partial charge in [-0.1, -0.05) is 54.6 Å². The zero-order valence-electron chi connectivity index (χ0n) is 11.2. The topological polar surface area (TPSA) is 37.3 Å². The molecular weight excluding hydrogens is 281 g/mol. The van der Waals surface area contributed by atoms with E-state index in [1.807, 2.05) is 30.3 Å². The van der Waals surface area contributed by atoms with Gasteiger partial charge < -0.3 is 5.11 Å². The van der Waals surface area contributed by atoms with Gasteiger partial charge in [-0.05, 0) is 18.1 Å². The van der Waals surface area contributed by atoms with Crippen molar-refractivity contribution in [2.75, 3.05) is 0 Å². The number of ketones is 1. The summed E-state index contributed by atoms with van der Waals surface area (Å²) >= 11 is 0. The normalized spacial score (nSPS) is 14.5. The molecule has 1 atom stereocenters. The Morgan fingerprint density at radius 1 is 0.905 bits per heavy atom. The van der Waals surface area contributed by atoms with Crippen LogP contribution in [0.25, 0.3) is 11.1 Å². The molecule has 0 saturated heterocycles. The van der Waals surface area contributed by atoms with Crippen LogP contribution in [0.3, 0.4) is 0 Å². The third-order valence-electron chi connectivity index (χ3n) is 3.33. The van der Waals surface area contributed by atoms with E-state index >= 15 is 0 Å². The monoisotopic (exact) mass is 294 g/mol. The second-order valence-electron chi connectivity index (χ2n) is 4.71. The Hall–Kier alpha value is -2.14. The van der Waals surface area contributed by atoms with Gasteiger partial charge in [-0.3, -0.25) is 4.79 Å². The van der Waals surface area contributed by atoms with Gasteiger partial charge in [0.15, 0.2) is 5.78 Å². The molecule has 5 heteroatoms. The van der Waals surface area contributed by atoms with Gasteiger partial charge in [0, 0.05) is 5.56 Å². The van der Waals surface area contributed by atoms with Gasteiger partial charge in [0.25, 0.3) is 0 Å². The van der Waals surface area contributed by atoms with Crippen LogP contribution in [0, 0.1) is 0 Å². The molecule has 0 saturated carbocycles. The summed E-state index contributed by atoms with van der Waals surface area (Å²) in [7, 11) is 0. The van der Waals surface area contributed by atoms with E-state index in [1.54, 1.807) is 0 Å². The quantitative estimate of drug-likeness (QED) is 0.937. The van der Waals surface area contributed by atoms with Crippen LogP contribution in [0.1, 0.15) is 12.5 Å². The van der Waals surface area contributed by atoms with Gasteiger partial charge in [0.05, 0.1) is 0 Å². The van der Waals surface area contributed by atoms with E-state index in [4.69, 9.17) is 0 Å². The lowest BCUT2D eigenvalue weighted by Gasteiger charge is -2.28. The van der Waals surface area contributed by atoms with Crippen molar-refractivity contribution in [2.24, 2.45) is 0 Å². The lowest BCUT2D eigenvalue weighted by atomic mass is 9.88. The van der Waals surface area contributed by atoms with Crippen molar-refractivity contribution in [1.82, 2.24) is 0 Å². The zero-order valence-corrected chi connectivity index (χ0v) is 11.2. The summed E-state index contributed by atoms with van der Waals surface area (Å²) in [6.07, 6.45) is -5.06. The maximum atomic E-state index is 13.0. The maximum absolute atomic E-state index is 13.0. The lowest BCUT2D eigenvalue weighted by Crippen LogP contribution is -2.48. The molecule has 0 amide bonds. The highest BCUT2D eigenvalue weighted by Crippen LogP contribution is 2.40. The number of carbonyl (C=O) groups is 1. The van der Waals surface area contributed by atoms with Crippen molar-refractivity contribution >= 4 is 5.78 Å². The summed E-state index contributed by atoms with van der Waals surface area (Å²) in [5.41, 5.74) is -2.42. The van der Waals surface area contributed by atoms with E-state index in [-0.39, 0.29) is 0 Å². The standard InChI is InChI=1S/C16H13F3O2/c1-11(20)15(21,16(17,18)19)14-9-7-13(8-10-14)12-5-3-2-4-6-12/h2-10,21H,1H3/t15-/m0/s1. The zero-order chi connectivity index (χ0) is 15.7. The Balaban J connectivity index is 2.45. The van der Waals surface area contributed by atoms with E-state index in [1.165, 1.54) is 12.1 Å². The van der Waals surface area contributed by atoms with Crippen LogP contribution in [-0.4, -0.2) is 17.1 Å². The molecule has 0 heterocycles. The SMILES string of the molecule is CC(=O)[C@](O)(c1ccc(-c2ccccc2)cc1)C(F)(F)F. The molecule has 0 unspecified atom stereocenters. The molecule has 1 N–H and O–H groups in total. The predicted octanol–water partition coefficient (Wildman–Crippen LogP) is 3.69. The van der Waals surface area contributed by atoms with E-state index in [0.717, 1.165) is 24.6 Å². The number of hydrogen-bond donors (Lipinski definition) is 1. The fourth-order valence-electron chi connectivity index (χ4n) is 2.10. The van der Waals surface area contributed by atoms with Crippen molar-refractivity contribution < 1.29 is 23.1 Å². The summed E-state index contributed by atoms with van der Waals surface area (Å²) in [5, 5.41) is 9.78. The highest BCUT2D eigenvalue weighted by molar-refractivity contribution is 5.87. The van der Waals surface area contributed by atoms with Crippen LogP contribution in [0.2, 0.25) is 0 Å². The molecule has 2 rings (SSSR count). The van der Waals surface area contributed by atoms with Crippen molar-refractivity contribution in [3.05, 3.63) is 60.2 Å². The average molecular weight is 294 g/mol. The lowest BCUT2D eigenvalue weighted by molar-refractivity contribution is -0.254. The van der Waals surface area contributed by atoms with Crippen LogP contribution >= 0.6 is 0 Å². The number of aliphatic hydroxyl groups is 1. The second-order valence-corrected chi connectivity index (χ2v) is 4.71. The molecule has 21 heavy (non-hydrogen) atoms. The number of halogens is 3. The molecule has 0 spiro atoms. The Morgan fingerprint density at radius 3 is 1.81 bits per heavy atom. The smallest absolute Gasteiger partial charge is 0.370 e. The van der Waals surface area contributed by atoms with E-state index in [0.29, 0.717) is 5.56 Å². The minimum absolute atomic E-state index is 0.484. The highest BCUT2D eigenvalue weighted by atomic mass is 19.4. The number of hydrogen-bond acceptors (Lipinski definition) is 2. The van der Waals surface area contributed by atoms with Crippen LogP contribution in [0.15, 0.2) is 54.6 Å². The molecular formula is C16H13F3O2. The van der Waals surface area contributed by atoms with Crippen molar-refractivity contribution in [1.29, 1.82) is 0 Å². The van der Waals surface area contributed by atoms with Crippen LogP contribution in [-0.2, 0) is 10.4 Å². The van der Waals surface area contributed by atoms with Gasteiger partial charge in [-0.15, -0.1) is 0 Å². The first-order chi connectivity index (χ1) is 9.76. The summed E-state index contributed by atoms with van der Waals surface area (Å²) in [4.78, 5) is 11.3. The summed E-state index contributed by atoms with van der Waals surface area (Å²) in [6.45, 7) is 0.721. The molecule has 0 bridgehead atoms. The Morgan fingerprint density at radius 2 is 1.38 bits per heavy atom. The molecule has 2 nitrogen and oxygen atoms in total. The third-order valence-corrected chi connectivity index (χ3v) is 3.33. The fourth-order valence-corrected chi connectivity index (χ4v) is 2.10. The van der Waals surface area contributed by atoms with Gasteiger partial charge in [-0.25, -0.2) is 0 Å². The van der Waals surface area contributed by atoms with Gasteiger partial charge in [-0.2, -0.15) is 13.2 Å². The summed E-state index contributed by atoms with van der Waals surface area (Å²) in [6, 6.07) is 14.2. The molecule has 0 aromatic heterocycles. The minimum Gasteiger partial charge on any atom is -0.370 e. The molecule has 0 radical (unpaired) electrons. The Labute approximate surface area is 119 Å². The van der Waals surface area contributed by atoms with Crippen molar-refractivity contribution in [2.45, 2.75) is 18.7 Å². The van der Waals surface area contributed by atoms with Crippen LogP contribution in [0.5, 0.6) is 0 Å². The first kappa shape index (κ1) is 15.3. The first-order valence-corrected chi connectivity index (χ1v) is 6.23. The van der Waals surface area contributed by atoms with Crippen LogP contribution < -0.4 is 0 Å². The highest BCUT2D eigenvalue weighted by Gasteiger charge is 2.58. The number of rotatable bonds is 3. The van der Waals surface area contributed by atoms with Gasteiger partial charge in [0.2, 0.25) is 5.60 Å². The van der Waals surface area contributed by atoms with Crippen LogP contribution in [0.4, 0.5) is 13.2 Å². The third kappa shape index (κ3) is 2.69. The summed E-state index contributed by atoms with van der Waals surface area (Å²) < 4.78 is 39.0. The van der Waals surface area contributed by atoms with Gasteiger partial charge >= 0.3 is 6.18 Å². The minimum atomic E-state index is -5.06. The average Bonchev–Trinajstić information content (AvgIpc) is 2.46. The molecule has 110 valence electrons.